The number of nitrogens with one attached hydrogen (secondary N) is 1. The predicted octanol–water partition coefficient (Wildman–Crippen LogP) is 3.80. The van der Waals surface area contributed by atoms with Crippen LogP contribution in [-0.4, -0.2) is 58.0 Å². The van der Waals surface area contributed by atoms with Gasteiger partial charge in [0.25, 0.3) is 5.91 Å². The zero-order chi connectivity index (χ0) is 22.4. The van der Waals surface area contributed by atoms with Crippen molar-refractivity contribution in [1.82, 2.24) is 19.4 Å². The molecule has 2 aliphatic heterocycles. The molecule has 0 unspecified atom stereocenters. The number of likely N-dealkylation sites (N-methyl/N-ethyl adjacent to an activating group) is 1. The van der Waals surface area contributed by atoms with Crippen molar-refractivity contribution in [3.63, 3.8) is 0 Å². The molecule has 1 fully saturated rings. The number of rotatable bonds is 3. The molecule has 4 rings (SSSR count). The number of anilines is 1. The SMILES string of the molecule is CC(C)Nc1ncccc1C(=O)N1CCC2(CC1)c1ccc(C(F)(F)F)n1CCN2C. The summed E-state index contributed by atoms with van der Waals surface area (Å²) in [6, 6.07) is 6.44. The van der Waals surface area contributed by atoms with E-state index in [4.69, 9.17) is 0 Å². The quantitative estimate of drug-likeness (QED) is 0.797. The number of pyridine rings is 1. The van der Waals surface area contributed by atoms with Crippen molar-refractivity contribution in [2.24, 2.45) is 0 Å². The second-order valence-corrected chi connectivity index (χ2v) is 8.70. The van der Waals surface area contributed by atoms with Crippen LogP contribution in [0.1, 0.15) is 48.4 Å². The smallest absolute Gasteiger partial charge is 0.367 e. The molecule has 168 valence electrons. The zero-order valence-corrected chi connectivity index (χ0v) is 18.0. The van der Waals surface area contributed by atoms with Gasteiger partial charge in [0.2, 0.25) is 0 Å². The molecule has 0 aliphatic carbocycles. The van der Waals surface area contributed by atoms with E-state index >= 15 is 0 Å². The van der Waals surface area contributed by atoms with Crippen molar-refractivity contribution >= 4 is 11.7 Å². The summed E-state index contributed by atoms with van der Waals surface area (Å²) < 4.78 is 41.8. The number of piperidine rings is 1. The van der Waals surface area contributed by atoms with Crippen LogP contribution in [0.3, 0.4) is 0 Å². The Morgan fingerprint density at radius 3 is 2.48 bits per heavy atom. The second kappa shape index (κ2) is 7.85. The van der Waals surface area contributed by atoms with E-state index in [0.717, 1.165) is 0 Å². The van der Waals surface area contributed by atoms with E-state index in [1.807, 2.05) is 20.9 Å². The number of alkyl halides is 3. The van der Waals surface area contributed by atoms with Crippen LogP contribution in [0.15, 0.2) is 30.5 Å². The summed E-state index contributed by atoms with van der Waals surface area (Å²) in [5.74, 6) is 0.456. The molecule has 2 aromatic heterocycles. The van der Waals surface area contributed by atoms with Gasteiger partial charge in [-0.15, -0.1) is 0 Å². The molecular weight excluding hydrogens is 407 g/mol. The van der Waals surface area contributed by atoms with Crippen molar-refractivity contribution in [2.75, 3.05) is 32.0 Å². The lowest BCUT2D eigenvalue weighted by Crippen LogP contribution is -2.56. The molecule has 1 saturated heterocycles. The maximum absolute atomic E-state index is 13.4. The lowest BCUT2D eigenvalue weighted by atomic mass is 9.81. The lowest BCUT2D eigenvalue weighted by molar-refractivity contribution is -0.144. The third-order valence-corrected chi connectivity index (χ3v) is 6.48. The first kappa shape index (κ1) is 21.7. The summed E-state index contributed by atoms with van der Waals surface area (Å²) in [6.07, 6.45) is -1.55. The third-order valence-electron chi connectivity index (χ3n) is 6.48. The molecule has 9 heteroatoms. The number of carbonyl (C=O) groups excluding carboxylic acids is 1. The number of hydrogen-bond acceptors (Lipinski definition) is 4. The largest absolute Gasteiger partial charge is 0.431 e. The predicted molar refractivity (Wildman–Crippen MR) is 112 cm³/mol. The minimum absolute atomic E-state index is 0.101. The number of halogens is 3. The fraction of sp³-hybridized carbons (Fsp3) is 0.545. The van der Waals surface area contributed by atoms with Gasteiger partial charge in [0.05, 0.1) is 11.1 Å². The first-order valence-corrected chi connectivity index (χ1v) is 10.6. The Hall–Kier alpha value is -2.55. The van der Waals surface area contributed by atoms with Crippen molar-refractivity contribution in [3.05, 3.63) is 47.4 Å². The molecule has 0 radical (unpaired) electrons. The highest BCUT2D eigenvalue weighted by molar-refractivity contribution is 5.98. The van der Waals surface area contributed by atoms with Crippen LogP contribution in [-0.2, 0) is 18.3 Å². The Labute approximate surface area is 180 Å². The zero-order valence-electron chi connectivity index (χ0n) is 18.0. The van der Waals surface area contributed by atoms with Crippen LogP contribution in [0.4, 0.5) is 19.0 Å². The Morgan fingerprint density at radius 2 is 1.84 bits per heavy atom. The molecule has 4 heterocycles. The van der Waals surface area contributed by atoms with E-state index in [9.17, 15) is 18.0 Å². The molecule has 0 bridgehead atoms. The fourth-order valence-corrected chi connectivity index (χ4v) is 4.88. The highest BCUT2D eigenvalue weighted by Gasteiger charge is 2.47. The molecule has 0 saturated carbocycles. The van der Waals surface area contributed by atoms with Crippen LogP contribution >= 0.6 is 0 Å². The molecule has 31 heavy (non-hydrogen) atoms. The van der Waals surface area contributed by atoms with Crippen molar-refractivity contribution in [1.29, 1.82) is 0 Å². The van der Waals surface area contributed by atoms with Gasteiger partial charge in [-0.3, -0.25) is 9.69 Å². The summed E-state index contributed by atoms with van der Waals surface area (Å²) in [5, 5.41) is 3.21. The summed E-state index contributed by atoms with van der Waals surface area (Å²) >= 11 is 0. The van der Waals surface area contributed by atoms with Crippen molar-refractivity contribution in [3.8, 4) is 0 Å². The average molecular weight is 435 g/mol. The van der Waals surface area contributed by atoms with Crippen LogP contribution in [0.2, 0.25) is 0 Å². The normalized spacial score (nSPS) is 19.0. The molecular formula is C22H28F3N5O. The van der Waals surface area contributed by atoms with E-state index < -0.39 is 17.4 Å². The van der Waals surface area contributed by atoms with Gasteiger partial charge in [-0.25, -0.2) is 4.98 Å². The minimum atomic E-state index is -4.37. The Bertz CT molecular complexity index is 960. The van der Waals surface area contributed by atoms with Gasteiger partial charge < -0.3 is 14.8 Å². The average Bonchev–Trinajstić information content (AvgIpc) is 3.17. The molecule has 2 aliphatic rings. The van der Waals surface area contributed by atoms with E-state index in [1.54, 1.807) is 29.3 Å². The summed E-state index contributed by atoms with van der Waals surface area (Å²) in [5.41, 5.74) is 0.135. The van der Waals surface area contributed by atoms with Gasteiger partial charge in [-0.05, 0) is 58.0 Å². The summed E-state index contributed by atoms with van der Waals surface area (Å²) in [6.45, 7) is 5.78. The van der Waals surface area contributed by atoms with Gasteiger partial charge in [-0.1, -0.05) is 0 Å². The fourth-order valence-electron chi connectivity index (χ4n) is 4.88. The number of hydrogen-bond donors (Lipinski definition) is 1. The standard InChI is InChI=1S/C22H28F3N5O/c1-15(2)27-19-16(5-4-10-26-19)20(31)29-11-8-21(9-12-29)17-6-7-18(22(23,24)25)30(17)14-13-28(21)3/h4-7,10,15H,8-9,11-14H2,1-3H3,(H,26,27). The number of nitrogens with zero attached hydrogens (tertiary/aromatic N) is 4. The molecule has 1 spiro atoms. The first-order chi connectivity index (χ1) is 14.6. The number of likely N-dealkylation sites (tertiary alicyclic amines) is 1. The molecule has 0 atom stereocenters. The lowest BCUT2D eigenvalue weighted by Gasteiger charge is -2.50. The van der Waals surface area contributed by atoms with E-state index in [2.05, 4.69) is 15.2 Å². The molecule has 0 aromatic carbocycles. The number of amides is 1. The second-order valence-electron chi connectivity index (χ2n) is 8.70. The van der Waals surface area contributed by atoms with Crippen LogP contribution in [0, 0.1) is 0 Å². The number of fused-ring (bicyclic) bond motifs is 2. The van der Waals surface area contributed by atoms with E-state index in [0.29, 0.717) is 56.1 Å². The summed E-state index contributed by atoms with van der Waals surface area (Å²) in [4.78, 5) is 21.5. The minimum Gasteiger partial charge on any atom is -0.367 e. The van der Waals surface area contributed by atoms with Crippen LogP contribution < -0.4 is 5.32 Å². The van der Waals surface area contributed by atoms with Gasteiger partial charge in [0, 0.05) is 44.1 Å². The van der Waals surface area contributed by atoms with Gasteiger partial charge in [0.15, 0.2) is 0 Å². The Kier molecular flexibility index (Phi) is 5.49. The maximum atomic E-state index is 13.4. The van der Waals surface area contributed by atoms with Gasteiger partial charge in [0.1, 0.15) is 11.5 Å². The Balaban J connectivity index is 1.57. The topological polar surface area (TPSA) is 53.4 Å². The van der Waals surface area contributed by atoms with Crippen LogP contribution in [0.25, 0.3) is 0 Å². The van der Waals surface area contributed by atoms with Crippen LogP contribution in [0.5, 0.6) is 0 Å². The third kappa shape index (κ3) is 3.79. The van der Waals surface area contributed by atoms with Crippen molar-refractivity contribution in [2.45, 2.75) is 51.0 Å². The first-order valence-electron chi connectivity index (χ1n) is 10.6. The molecule has 1 N–H and O–H groups in total. The molecule has 2 aromatic rings. The molecule has 6 nitrogen and oxygen atoms in total. The Morgan fingerprint density at radius 1 is 1.13 bits per heavy atom. The van der Waals surface area contributed by atoms with E-state index in [1.165, 1.54) is 10.6 Å². The summed E-state index contributed by atoms with van der Waals surface area (Å²) in [7, 11) is 1.97. The number of carbonyl (C=O) groups is 1. The monoisotopic (exact) mass is 435 g/mol. The highest BCUT2D eigenvalue weighted by Crippen LogP contribution is 2.44. The van der Waals surface area contributed by atoms with Gasteiger partial charge >= 0.3 is 6.18 Å². The van der Waals surface area contributed by atoms with E-state index in [-0.39, 0.29) is 11.9 Å². The number of aromatic nitrogens is 2. The highest BCUT2D eigenvalue weighted by atomic mass is 19.4. The molecule has 1 amide bonds. The maximum Gasteiger partial charge on any atom is 0.431 e. The van der Waals surface area contributed by atoms with Crippen molar-refractivity contribution < 1.29 is 18.0 Å². The van der Waals surface area contributed by atoms with Gasteiger partial charge in [-0.2, -0.15) is 13.2 Å².